The summed E-state index contributed by atoms with van der Waals surface area (Å²) in [6.45, 7) is 9.20. The van der Waals surface area contributed by atoms with Crippen LogP contribution in [0.3, 0.4) is 0 Å². The highest BCUT2D eigenvalue weighted by molar-refractivity contribution is 7.80. The van der Waals surface area contributed by atoms with Crippen molar-refractivity contribution in [3.05, 3.63) is 58.6 Å². The molecule has 0 atom stereocenters. The van der Waals surface area contributed by atoms with Crippen molar-refractivity contribution in [1.82, 2.24) is 5.32 Å². The van der Waals surface area contributed by atoms with Crippen molar-refractivity contribution in [3.63, 3.8) is 0 Å². The monoisotopic (exact) mass is 431 g/mol. The van der Waals surface area contributed by atoms with E-state index in [1.807, 2.05) is 42.5 Å². The van der Waals surface area contributed by atoms with E-state index in [9.17, 15) is 4.79 Å². The lowest BCUT2D eigenvalue weighted by Gasteiger charge is -2.31. The van der Waals surface area contributed by atoms with E-state index in [1.165, 1.54) is 5.56 Å². The van der Waals surface area contributed by atoms with Crippen LogP contribution in [0, 0.1) is 0 Å². The van der Waals surface area contributed by atoms with Crippen molar-refractivity contribution in [2.45, 2.75) is 26.2 Å². The lowest BCUT2D eigenvalue weighted by molar-refractivity contribution is 0.0977. The van der Waals surface area contributed by atoms with Gasteiger partial charge in [-0.05, 0) is 47.5 Å². The predicted octanol–water partition coefficient (Wildman–Crippen LogP) is 4.60. The van der Waals surface area contributed by atoms with E-state index >= 15 is 0 Å². The minimum atomic E-state index is -0.252. The molecule has 1 amide bonds. The maximum absolute atomic E-state index is 12.6. The number of hydrogen-bond acceptors (Lipinski definition) is 4. The summed E-state index contributed by atoms with van der Waals surface area (Å²) in [5.74, 6) is -0.252. The number of rotatable bonds is 3. The SMILES string of the molecule is CC(C)(C)c1ccc(C(=O)NC(=S)Nc2cccc(Cl)c2N2CCOCC2)cc1. The number of benzene rings is 2. The summed E-state index contributed by atoms with van der Waals surface area (Å²) in [5, 5.41) is 6.72. The highest BCUT2D eigenvalue weighted by Crippen LogP contribution is 2.34. The number of para-hydroxylation sites is 1. The summed E-state index contributed by atoms with van der Waals surface area (Å²) in [7, 11) is 0. The van der Waals surface area contributed by atoms with E-state index in [4.69, 9.17) is 28.6 Å². The Bertz CT molecular complexity index is 888. The minimum Gasteiger partial charge on any atom is -0.378 e. The summed E-state index contributed by atoms with van der Waals surface area (Å²) in [4.78, 5) is 14.7. The van der Waals surface area contributed by atoms with E-state index < -0.39 is 0 Å². The van der Waals surface area contributed by atoms with Gasteiger partial charge in [0.05, 0.1) is 29.6 Å². The molecule has 2 aromatic rings. The third-order valence-electron chi connectivity index (χ3n) is 4.80. The van der Waals surface area contributed by atoms with Gasteiger partial charge in [0.2, 0.25) is 0 Å². The first-order valence-electron chi connectivity index (χ1n) is 9.60. The van der Waals surface area contributed by atoms with Gasteiger partial charge in [-0.25, -0.2) is 0 Å². The van der Waals surface area contributed by atoms with E-state index in [1.54, 1.807) is 0 Å². The Labute approximate surface area is 182 Å². The van der Waals surface area contributed by atoms with Gasteiger partial charge in [0.25, 0.3) is 5.91 Å². The third-order valence-corrected chi connectivity index (χ3v) is 5.31. The first kappa shape index (κ1) is 21.6. The van der Waals surface area contributed by atoms with E-state index in [2.05, 4.69) is 36.3 Å². The zero-order valence-electron chi connectivity index (χ0n) is 16.9. The molecule has 1 fully saturated rings. The van der Waals surface area contributed by atoms with Gasteiger partial charge in [-0.15, -0.1) is 0 Å². The maximum Gasteiger partial charge on any atom is 0.257 e. The largest absolute Gasteiger partial charge is 0.378 e. The normalized spacial score (nSPS) is 14.4. The molecule has 1 saturated heterocycles. The summed E-state index contributed by atoms with van der Waals surface area (Å²) in [6.07, 6.45) is 0. The van der Waals surface area contributed by atoms with Crippen molar-refractivity contribution >= 4 is 46.2 Å². The van der Waals surface area contributed by atoms with Gasteiger partial charge in [-0.3, -0.25) is 10.1 Å². The summed E-state index contributed by atoms with van der Waals surface area (Å²) in [5.41, 5.74) is 3.38. The molecule has 0 aromatic heterocycles. The van der Waals surface area contributed by atoms with Crippen LogP contribution in [0.4, 0.5) is 11.4 Å². The Morgan fingerprint density at radius 2 is 1.76 bits per heavy atom. The number of nitrogens with zero attached hydrogens (tertiary/aromatic N) is 1. The third kappa shape index (κ3) is 5.47. The molecule has 0 aliphatic carbocycles. The second-order valence-corrected chi connectivity index (χ2v) is 8.79. The molecular formula is C22H26ClN3O2S. The number of anilines is 2. The van der Waals surface area contributed by atoms with Crippen molar-refractivity contribution in [2.75, 3.05) is 36.5 Å². The second kappa shape index (κ2) is 9.11. The lowest BCUT2D eigenvalue weighted by Crippen LogP contribution is -2.38. The smallest absolute Gasteiger partial charge is 0.257 e. The number of ether oxygens (including phenoxy) is 1. The van der Waals surface area contributed by atoms with Crippen LogP contribution in [-0.2, 0) is 10.2 Å². The van der Waals surface area contributed by atoms with Crippen LogP contribution in [0.1, 0.15) is 36.7 Å². The maximum atomic E-state index is 12.6. The molecule has 1 aliphatic heterocycles. The van der Waals surface area contributed by atoms with Gasteiger partial charge in [-0.2, -0.15) is 0 Å². The van der Waals surface area contributed by atoms with Crippen molar-refractivity contribution in [3.8, 4) is 0 Å². The number of thiocarbonyl (C=S) groups is 1. The molecular weight excluding hydrogens is 406 g/mol. The van der Waals surface area contributed by atoms with E-state index in [-0.39, 0.29) is 16.4 Å². The Hall–Kier alpha value is -2.15. The molecule has 29 heavy (non-hydrogen) atoms. The van der Waals surface area contributed by atoms with Crippen LogP contribution < -0.4 is 15.5 Å². The van der Waals surface area contributed by atoms with Gasteiger partial charge >= 0.3 is 0 Å². The van der Waals surface area contributed by atoms with Crippen molar-refractivity contribution < 1.29 is 9.53 Å². The van der Waals surface area contributed by atoms with Gasteiger partial charge in [-0.1, -0.05) is 50.6 Å². The van der Waals surface area contributed by atoms with Crippen molar-refractivity contribution in [1.29, 1.82) is 0 Å². The quantitative estimate of drug-likeness (QED) is 0.695. The Morgan fingerprint density at radius 1 is 1.10 bits per heavy atom. The molecule has 1 aliphatic rings. The van der Waals surface area contributed by atoms with Crippen LogP contribution in [0.15, 0.2) is 42.5 Å². The minimum absolute atomic E-state index is 0.0360. The van der Waals surface area contributed by atoms with Crippen LogP contribution in [0.2, 0.25) is 5.02 Å². The molecule has 0 bridgehead atoms. The molecule has 154 valence electrons. The van der Waals surface area contributed by atoms with Gasteiger partial charge in [0.15, 0.2) is 5.11 Å². The van der Waals surface area contributed by atoms with Crippen LogP contribution in [0.5, 0.6) is 0 Å². The molecule has 2 N–H and O–H groups in total. The Kier molecular flexibility index (Phi) is 6.77. The number of carbonyl (C=O) groups is 1. The Morgan fingerprint density at radius 3 is 2.38 bits per heavy atom. The molecule has 3 rings (SSSR count). The van der Waals surface area contributed by atoms with Gasteiger partial charge in [0, 0.05) is 18.7 Å². The fourth-order valence-electron chi connectivity index (χ4n) is 3.18. The van der Waals surface area contributed by atoms with E-state index in [0.29, 0.717) is 23.8 Å². The fourth-order valence-corrected chi connectivity index (χ4v) is 3.67. The van der Waals surface area contributed by atoms with Crippen LogP contribution in [-0.4, -0.2) is 37.3 Å². The fraction of sp³-hybridized carbons (Fsp3) is 0.364. The Balaban J connectivity index is 1.69. The number of nitrogens with one attached hydrogen (secondary N) is 2. The number of hydrogen-bond donors (Lipinski definition) is 2. The summed E-state index contributed by atoms with van der Waals surface area (Å²) < 4.78 is 5.42. The second-order valence-electron chi connectivity index (χ2n) is 7.97. The molecule has 0 radical (unpaired) electrons. The van der Waals surface area contributed by atoms with Crippen LogP contribution in [0.25, 0.3) is 0 Å². The number of amides is 1. The molecule has 1 heterocycles. The summed E-state index contributed by atoms with van der Waals surface area (Å²) >= 11 is 11.8. The molecule has 5 nitrogen and oxygen atoms in total. The zero-order chi connectivity index (χ0) is 21.0. The average Bonchev–Trinajstić information content (AvgIpc) is 2.68. The predicted molar refractivity (Wildman–Crippen MR) is 123 cm³/mol. The van der Waals surface area contributed by atoms with Gasteiger partial charge < -0.3 is 15.0 Å². The zero-order valence-corrected chi connectivity index (χ0v) is 18.5. The molecule has 0 spiro atoms. The first-order chi connectivity index (χ1) is 13.8. The average molecular weight is 432 g/mol. The van der Waals surface area contributed by atoms with Gasteiger partial charge in [0.1, 0.15) is 0 Å². The standard InChI is InChI=1S/C22H26ClN3O2S/c1-22(2,3)16-9-7-15(8-10-16)20(27)25-21(29)24-18-6-4-5-17(23)19(18)26-11-13-28-14-12-26/h4-10H,11-14H2,1-3H3,(H2,24,25,27,29). The molecule has 2 aromatic carbocycles. The van der Waals surface area contributed by atoms with E-state index in [0.717, 1.165) is 24.5 Å². The lowest BCUT2D eigenvalue weighted by atomic mass is 9.87. The number of carbonyl (C=O) groups excluding carboxylic acids is 1. The number of halogens is 1. The molecule has 7 heteroatoms. The summed E-state index contributed by atoms with van der Waals surface area (Å²) in [6, 6.07) is 13.2. The van der Waals surface area contributed by atoms with Crippen molar-refractivity contribution in [2.24, 2.45) is 0 Å². The highest BCUT2D eigenvalue weighted by Gasteiger charge is 2.19. The first-order valence-corrected chi connectivity index (χ1v) is 10.4. The topological polar surface area (TPSA) is 53.6 Å². The molecule has 0 unspecified atom stereocenters. The molecule has 0 saturated carbocycles. The van der Waals surface area contributed by atoms with Crippen LogP contribution >= 0.6 is 23.8 Å². The number of morpholine rings is 1. The highest BCUT2D eigenvalue weighted by atomic mass is 35.5.